The number of carbonyl (C=O) groups is 1. The summed E-state index contributed by atoms with van der Waals surface area (Å²) >= 11 is 0. The highest BCUT2D eigenvalue weighted by Crippen LogP contribution is 2.49. The third kappa shape index (κ3) is 3.53. The minimum atomic E-state index is -0.253. The van der Waals surface area contributed by atoms with E-state index in [9.17, 15) is 4.79 Å². The van der Waals surface area contributed by atoms with Crippen molar-refractivity contribution >= 4 is 11.7 Å². The van der Waals surface area contributed by atoms with Gasteiger partial charge in [0.1, 0.15) is 5.75 Å². The van der Waals surface area contributed by atoms with Crippen molar-refractivity contribution in [2.45, 2.75) is 31.6 Å². The second-order valence-electron chi connectivity index (χ2n) is 8.38. The molecule has 1 aromatic heterocycles. The first-order chi connectivity index (χ1) is 16.0. The summed E-state index contributed by atoms with van der Waals surface area (Å²) in [6, 6.07) is 13.7. The van der Waals surface area contributed by atoms with E-state index in [0.29, 0.717) is 30.2 Å². The van der Waals surface area contributed by atoms with Gasteiger partial charge in [0.15, 0.2) is 17.3 Å². The Morgan fingerprint density at radius 3 is 2.55 bits per heavy atom. The molecule has 0 saturated carbocycles. The number of aryl methyl sites for hydroxylation is 1. The highest BCUT2D eigenvalue weighted by molar-refractivity contribution is 6.01. The molecule has 0 saturated heterocycles. The van der Waals surface area contributed by atoms with Crippen LogP contribution in [0.5, 0.6) is 17.2 Å². The standard InChI is InChI=1S/C26H26N2O5/c1-14-23-24(16-6-5-7-18(10-16)30-2)25-19(27-26(23)33-28-14)11-17(12-20(25)29)15-8-9-21(31-3)22(13-15)32-4/h5-10,13,17,24,27H,11-12H2,1-4H3/t17-,24-/m1/s1. The number of Topliss-reactive ketones (excluding diaryl/α,β-unsaturated/α-hetero) is 1. The molecule has 5 rings (SSSR count). The van der Waals surface area contributed by atoms with E-state index in [4.69, 9.17) is 18.7 Å². The Bertz CT molecular complexity index is 1260. The van der Waals surface area contributed by atoms with Crippen molar-refractivity contribution in [3.8, 4) is 17.2 Å². The summed E-state index contributed by atoms with van der Waals surface area (Å²) in [5.74, 6) is 2.54. The fourth-order valence-electron chi connectivity index (χ4n) is 4.97. The van der Waals surface area contributed by atoms with Gasteiger partial charge in [-0.1, -0.05) is 23.4 Å². The molecular formula is C26H26N2O5. The van der Waals surface area contributed by atoms with Crippen molar-refractivity contribution in [1.82, 2.24) is 5.16 Å². The zero-order valence-electron chi connectivity index (χ0n) is 19.1. The molecule has 1 aliphatic heterocycles. The number of hydrogen-bond acceptors (Lipinski definition) is 7. The summed E-state index contributed by atoms with van der Waals surface area (Å²) in [4.78, 5) is 13.6. The SMILES string of the molecule is COc1cccc([C@H]2C3=C(C[C@@H](c4ccc(OC)c(OC)c4)CC3=O)Nc3onc(C)c32)c1. The van der Waals surface area contributed by atoms with Crippen LogP contribution in [0.3, 0.4) is 0 Å². The minimum Gasteiger partial charge on any atom is -0.497 e. The number of nitrogens with zero attached hydrogens (tertiary/aromatic N) is 1. The molecule has 7 nitrogen and oxygen atoms in total. The summed E-state index contributed by atoms with van der Waals surface area (Å²) in [5.41, 5.74) is 5.34. The lowest BCUT2D eigenvalue weighted by atomic mass is 9.72. The molecule has 0 spiro atoms. The zero-order valence-corrected chi connectivity index (χ0v) is 19.1. The van der Waals surface area contributed by atoms with Crippen LogP contribution >= 0.6 is 0 Å². The lowest BCUT2D eigenvalue weighted by Crippen LogP contribution is -2.29. The predicted octanol–water partition coefficient (Wildman–Crippen LogP) is 4.97. The molecule has 0 fully saturated rings. The molecule has 2 atom stereocenters. The van der Waals surface area contributed by atoms with Crippen molar-refractivity contribution in [2.75, 3.05) is 26.6 Å². The Labute approximate surface area is 192 Å². The smallest absolute Gasteiger partial charge is 0.233 e. The van der Waals surface area contributed by atoms with E-state index >= 15 is 0 Å². The van der Waals surface area contributed by atoms with Gasteiger partial charge < -0.3 is 24.1 Å². The molecule has 170 valence electrons. The average Bonchev–Trinajstić information content (AvgIpc) is 3.22. The molecule has 2 aliphatic rings. The van der Waals surface area contributed by atoms with Crippen molar-refractivity contribution in [2.24, 2.45) is 0 Å². The van der Waals surface area contributed by atoms with Crippen molar-refractivity contribution in [3.63, 3.8) is 0 Å². The first-order valence-corrected chi connectivity index (χ1v) is 10.9. The number of nitrogens with one attached hydrogen (secondary N) is 1. The maximum Gasteiger partial charge on any atom is 0.233 e. The molecule has 1 aliphatic carbocycles. The summed E-state index contributed by atoms with van der Waals surface area (Å²) in [6.07, 6.45) is 1.09. The van der Waals surface area contributed by atoms with Crippen LogP contribution in [-0.4, -0.2) is 32.3 Å². The highest BCUT2D eigenvalue weighted by atomic mass is 16.5. The predicted molar refractivity (Wildman–Crippen MR) is 123 cm³/mol. The van der Waals surface area contributed by atoms with Crippen LogP contribution in [0.1, 0.15) is 47.1 Å². The number of rotatable bonds is 5. The molecule has 3 aromatic rings. The summed E-state index contributed by atoms with van der Waals surface area (Å²) in [6.45, 7) is 1.91. The van der Waals surface area contributed by atoms with Gasteiger partial charge in [0.2, 0.25) is 5.88 Å². The number of hydrogen-bond donors (Lipinski definition) is 1. The molecule has 0 bridgehead atoms. The van der Waals surface area contributed by atoms with Gasteiger partial charge in [0, 0.05) is 23.6 Å². The lowest BCUT2D eigenvalue weighted by molar-refractivity contribution is -0.116. The largest absolute Gasteiger partial charge is 0.497 e. The molecule has 2 heterocycles. The number of allylic oxidation sites excluding steroid dienone is 2. The topological polar surface area (TPSA) is 82.8 Å². The van der Waals surface area contributed by atoms with Gasteiger partial charge in [0.05, 0.1) is 32.6 Å². The van der Waals surface area contributed by atoms with Crippen LogP contribution in [0, 0.1) is 6.92 Å². The number of benzene rings is 2. The minimum absolute atomic E-state index is 0.0140. The van der Waals surface area contributed by atoms with Gasteiger partial charge in [-0.05, 0) is 54.7 Å². The summed E-state index contributed by atoms with van der Waals surface area (Å²) in [5, 5.41) is 7.55. The lowest BCUT2D eigenvalue weighted by Gasteiger charge is -2.34. The second kappa shape index (κ2) is 8.31. The van der Waals surface area contributed by atoms with Crippen molar-refractivity contribution in [3.05, 3.63) is 76.1 Å². The average molecular weight is 447 g/mol. The maximum absolute atomic E-state index is 13.6. The van der Waals surface area contributed by atoms with Crippen molar-refractivity contribution < 1.29 is 23.5 Å². The van der Waals surface area contributed by atoms with Crippen LogP contribution in [-0.2, 0) is 4.79 Å². The Kier molecular flexibility index (Phi) is 5.32. The van der Waals surface area contributed by atoms with E-state index in [1.807, 2.05) is 49.4 Å². The number of methoxy groups -OCH3 is 3. The Hall–Kier alpha value is -3.74. The highest BCUT2D eigenvalue weighted by Gasteiger charge is 2.41. The van der Waals surface area contributed by atoms with E-state index in [1.165, 1.54) is 0 Å². The monoisotopic (exact) mass is 446 g/mol. The van der Waals surface area contributed by atoms with Crippen molar-refractivity contribution in [1.29, 1.82) is 0 Å². The van der Waals surface area contributed by atoms with E-state index in [1.54, 1.807) is 21.3 Å². The summed E-state index contributed by atoms with van der Waals surface area (Å²) in [7, 11) is 4.87. The molecule has 0 amide bonds. The van der Waals surface area contributed by atoms with Gasteiger partial charge in [0.25, 0.3) is 0 Å². The van der Waals surface area contributed by atoms with Crippen LogP contribution in [0.15, 0.2) is 58.3 Å². The number of ketones is 1. The second-order valence-corrected chi connectivity index (χ2v) is 8.38. The van der Waals surface area contributed by atoms with Gasteiger partial charge in [-0.25, -0.2) is 0 Å². The van der Waals surface area contributed by atoms with E-state index in [0.717, 1.165) is 39.4 Å². The van der Waals surface area contributed by atoms with Gasteiger partial charge >= 0.3 is 0 Å². The molecule has 2 aromatic carbocycles. The molecule has 7 heteroatoms. The molecule has 0 radical (unpaired) electrons. The fraction of sp³-hybridized carbons (Fsp3) is 0.308. The maximum atomic E-state index is 13.6. The van der Waals surface area contributed by atoms with E-state index in [2.05, 4.69) is 10.5 Å². The van der Waals surface area contributed by atoms with E-state index < -0.39 is 0 Å². The quantitative estimate of drug-likeness (QED) is 0.593. The molecule has 1 N–H and O–H groups in total. The van der Waals surface area contributed by atoms with Crippen LogP contribution < -0.4 is 19.5 Å². The number of fused-ring (bicyclic) bond motifs is 1. The van der Waals surface area contributed by atoms with Gasteiger partial charge in [-0.3, -0.25) is 4.79 Å². The number of ether oxygens (including phenoxy) is 3. The third-order valence-corrected chi connectivity index (χ3v) is 6.56. The van der Waals surface area contributed by atoms with Gasteiger partial charge in [-0.15, -0.1) is 0 Å². The van der Waals surface area contributed by atoms with Gasteiger partial charge in [-0.2, -0.15) is 0 Å². The number of aromatic nitrogens is 1. The normalized spacial score (nSPS) is 19.5. The third-order valence-electron chi connectivity index (χ3n) is 6.56. The number of anilines is 1. The molecular weight excluding hydrogens is 420 g/mol. The van der Waals surface area contributed by atoms with Crippen LogP contribution in [0.25, 0.3) is 0 Å². The first-order valence-electron chi connectivity index (χ1n) is 10.9. The summed E-state index contributed by atoms with van der Waals surface area (Å²) < 4.78 is 21.9. The van der Waals surface area contributed by atoms with E-state index in [-0.39, 0.29) is 17.6 Å². The Morgan fingerprint density at radius 2 is 1.79 bits per heavy atom. The van der Waals surface area contributed by atoms with Crippen LogP contribution in [0.2, 0.25) is 0 Å². The first kappa shape index (κ1) is 21.1. The molecule has 33 heavy (non-hydrogen) atoms. The Balaban J connectivity index is 1.58. The molecule has 0 unspecified atom stereocenters. The fourth-order valence-corrected chi connectivity index (χ4v) is 4.97. The van der Waals surface area contributed by atoms with Crippen LogP contribution in [0.4, 0.5) is 5.88 Å². The zero-order chi connectivity index (χ0) is 23.1. The number of carbonyl (C=O) groups excluding carboxylic acids is 1. The Morgan fingerprint density at radius 1 is 0.970 bits per heavy atom.